The average Bonchev–Trinajstić information content (AvgIpc) is 2.57. The zero-order chi connectivity index (χ0) is 11.7. The van der Waals surface area contributed by atoms with Gasteiger partial charge in [0.25, 0.3) is 0 Å². The lowest BCUT2D eigenvalue weighted by Crippen LogP contribution is -2.37. The molecule has 2 aromatic rings. The molecule has 1 heterocycles. The standard InChI is InChI=1S/C11H16N4O/c1-7-13-9-5-4-8(6-10(9)16-7)11(14-12)15(2)3/h4-6,11,14H,12H2,1-3H3. The van der Waals surface area contributed by atoms with Crippen molar-refractivity contribution in [3.63, 3.8) is 0 Å². The number of hydrazine groups is 1. The fraction of sp³-hybridized carbons (Fsp3) is 0.364. The highest BCUT2D eigenvalue weighted by Crippen LogP contribution is 2.21. The van der Waals surface area contributed by atoms with Crippen molar-refractivity contribution in [2.75, 3.05) is 14.1 Å². The molecule has 0 fully saturated rings. The van der Waals surface area contributed by atoms with Crippen LogP contribution in [-0.2, 0) is 0 Å². The fourth-order valence-electron chi connectivity index (χ4n) is 1.77. The maximum Gasteiger partial charge on any atom is 0.192 e. The first-order chi connectivity index (χ1) is 7.61. The number of nitrogens with two attached hydrogens (primary N) is 1. The van der Waals surface area contributed by atoms with E-state index in [0.29, 0.717) is 5.89 Å². The van der Waals surface area contributed by atoms with Gasteiger partial charge in [0.1, 0.15) is 5.52 Å². The summed E-state index contributed by atoms with van der Waals surface area (Å²) < 4.78 is 5.48. The van der Waals surface area contributed by atoms with Crippen LogP contribution in [0.1, 0.15) is 17.6 Å². The van der Waals surface area contributed by atoms with E-state index in [1.807, 2.05) is 44.1 Å². The van der Waals surface area contributed by atoms with Gasteiger partial charge >= 0.3 is 0 Å². The molecule has 5 nitrogen and oxygen atoms in total. The van der Waals surface area contributed by atoms with Crippen molar-refractivity contribution in [2.45, 2.75) is 13.1 Å². The van der Waals surface area contributed by atoms with Crippen LogP contribution in [0, 0.1) is 6.92 Å². The molecular weight excluding hydrogens is 204 g/mol. The van der Waals surface area contributed by atoms with Crippen molar-refractivity contribution < 1.29 is 4.42 Å². The molecule has 0 saturated heterocycles. The third kappa shape index (κ3) is 1.92. The van der Waals surface area contributed by atoms with Crippen LogP contribution in [0.3, 0.4) is 0 Å². The first-order valence-corrected chi connectivity index (χ1v) is 5.11. The third-order valence-corrected chi connectivity index (χ3v) is 2.51. The molecule has 86 valence electrons. The number of oxazole rings is 1. The Morgan fingerprint density at radius 1 is 1.44 bits per heavy atom. The molecule has 1 atom stereocenters. The molecule has 3 N–H and O–H groups in total. The zero-order valence-corrected chi connectivity index (χ0v) is 9.69. The summed E-state index contributed by atoms with van der Waals surface area (Å²) in [6.07, 6.45) is -0.0326. The Kier molecular flexibility index (Phi) is 2.91. The number of nitrogens with one attached hydrogen (secondary N) is 1. The number of nitrogens with zero attached hydrogens (tertiary/aromatic N) is 2. The Bertz CT molecular complexity index is 492. The van der Waals surface area contributed by atoms with Gasteiger partial charge in [-0.2, -0.15) is 0 Å². The number of hydrogen-bond donors (Lipinski definition) is 2. The maximum absolute atomic E-state index is 5.52. The number of hydrogen-bond acceptors (Lipinski definition) is 5. The Morgan fingerprint density at radius 2 is 2.19 bits per heavy atom. The predicted octanol–water partition coefficient (Wildman–Crippen LogP) is 1.16. The van der Waals surface area contributed by atoms with E-state index in [1.54, 1.807) is 0 Å². The minimum atomic E-state index is -0.0326. The van der Waals surface area contributed by atoms with Crippen molar-refractivity contribution >= 4 is 11.1 Å². The number of aryl methyl sites for hydroxylation is 1. The SMILES string of the molecule is Cc1nc2ccc(C(NN)N(C)C)cc2o1. The fourth-order valence-corrected chi connectivity index (χ4v) is 1.77. The van der Waals surface area contributed by atoms with Crippen molar-refractivity contribution in [3.05, 3.63) is 29.7 Å². The molecule has 2 rings (SSSR count). The van der Waals surface area contributed by atoms with Gasteiger partial charge in [0.15, 0.2) is 11.5 Å². The van der Waals surface area contributed by atoms with Crippen molar-refractivity contribution in [2.24, 2.45) is 5.84 Å². The predicted molar refractivity (Wildman–Crippen MR) is 62.5 cm³/mol. The smallest absolute Gasteiger partial charge is 0.192 e. The van der Waals surface area contributed by atoms with E-state index in [-0.39, 0.29) is 6.17 Å². The molecule has 0 aliphatic heterocycles. The van der Waals surface area contributed by atoms with E-state index in [9.17, 15) is 0 Å². The molecule has 0 bridgehead atoms. The molecule has 1 unspecified atom stereocenters. The van der Waals surface area contributed by atoms with Crippen LogP contribution < -0.4 is 11.3 Å². The lowest BCUT2D eigenvalue weighted by molar-refractivity contribution is 0.253. The summed E-state index contributed by atoms with van der Waals surface area (Å²) in [6.45, 7) is 1.84. The minimum absolute atomic E-state index is 0.0326. The largest absolute Gasteiger partial charge is 0.441 e. The van der Waals surface area contributed by atoms with Crippen LogP contribution in [0.25, 0.3) is 11.1 Å². The second kappa shape index (κ2) is 4.21. The summed E-state index contributed by atoms with van der Waals surface area (Å²) in [5.74, 6) is 6.19. The molecular formula is C11H16N4O. The lowest BCUT2D eigenvalue weighted by atomic mass is 10.1. The third-order valence-electron chi connectivity index (χ3n) is 2.51. The van der Waals surface area contributed by atoms with Crippen LogP contribution in [0.15, 0.2) is 22.6 Å². The second-order valence-electron chi connectivity index (χ2n) is 3.99. The van der Waals surface area contributed by atoms with Gasteiger partial charge in [-0.25, -0.2) is 10.4 Å². The van der Waals surface area contributed by atoms with Gasteiger partial charge in [-0.3, -0.25) is 10.7 Å². The molecule has 1 aromatic carbocycles. The van der Waals surface area contributed by atoms with Crippen molar-refractivity contribution in [3.8, 4) is 0 Å². The summed E-state index contributed by atoms with van der Waals surface area (Å²) in [4.78, 5) is 6.24. The summed E-state index contributed by atoms with van der Waals surface area (Å²) >= 11 is 0. The molecule has 1 aromatic heterocycles. The monoisotopic (exact) mass is 220 g/mol. The van der Waals surface area contributed by atoms with Crippen molar-refractivity contribution in [1.82, 2.24) is 15.3 Å². The normalized spacial score (nSPS) is 13.6. The summed E-state index contributed by atoms with van der Waals surface area (Å²) in [5, 5.41) is 0. The van der Waals surface area contributed by atoms with Crippen LogP contribution in [0.5, 0.6) is 0 Å². The molecule has 0 spiro atoms. The number of rotatable bonds is 3. The molecule has 0 saturated carbocycles. The van der Waals surface area contributed by atoms with Gasteiger partial charge in [-0.15, -0.1) is 0 Å². The molecule has 0 radical (unpaired) electrons. The molecule has 0 aliphatic carbocycles. The van der Waals surface area contributed by atoms with E-state index in [0.717, 1.165) is 16.7 Å². The molecule has 0 amide bonds. The first-order valence-electron chi connectivity index (χ1n) is 5.11. The van der Waals surface area contributed by atoms with Gasteiger partial charge in [0.05, 0.1) is 6.17 Å². The topological polar surface area (TPSA) is 67.3 Å². The molecule has 0 aliphatic rings. The Hall–Kier alpha value is -1.43. The summed E-state index contributed by atoms with van der Waals surface area (Å²) in [5.41, 5.74) is 5.47. The van der Waals surface area contributed by atoms with Gasteiger partial charge in [-0.1, -0.05) is 6.07 Å². The van der Waals surface area contributed by atoms with Gasteiger partial charge < -0.3 is 4.42 Å². The maximum atomic E-state index is 5.52. The zero-order valence-electron chi connectivity index (χ0n) is 9.69. The summed E-state index contributed by atoms with van der Waals surface area (Å²) in [7, 11) is 3.92. The summed E-state index contributed by atoms with van der Waals surface area (Å²) in [6, 6.07) is 5.89. The lowest BCUT2D eigenvalue weighted by Gasteiger charge is -2.23. The van der Waals surface area contributed by atoms with E-state index < -0.39 is 0 Å². The van der Waals surface area contributed by atoms with E-state index in [1.165, 1.54) is 0 Å². The van der Waals surface area contributed by atoms with E-state index in [2.05, 4.69) is 10.4 Å². The minimum Gasteiger partial charge on any atom is -0.441 e. The highest BCUT2D eigenvalue weighted by Gasteiger charge is 2.13. The van der Waals surface area contributed by atoms with E-state index in [4.69, 9.17) is 10.3 Å². The quantitative estimate of drug-likeness (QED) is 0.461. The molecule has 5 heteroatoms. The second-order valence-corrected chi connectivity index (χ2v) is 3.99. The van der Waals surface area contributed by atoms with Crippen LogP contribution in [-0.4, -0.2) is 24.0 Å². The van der Waals surface area contributed by atoms with Crippen LogP contribution >= 0.6 is 0 Å². The number of aromatic nitrogens is 1. The van der Waals surface area contributed by atoms with Crippen LogP contribution in [0.2, 0.25) is 0 Å². The highest BCUT2D eigenvalue weighted by molar-refractivity contribution is 5.73. The first kappa shape index (κ1) is 11.1. The number of benzene rings is 1. The van der Waals surface area contributed by atoms with Crippen LogP contribution in [0.4, 0.5) is 0 Å². The van der Waals surface area contributed by atoms with Crippen molar-refractivity contribution in [1.29, 1.82) is 0 Å². The van der Waals surface area contributed by atoms with Gasteiger partial charge in [-0.05, 0) is 31.8 Å². The Balaban J connectivity index is 2.44. The number of fused-ring (bicyclic) bond motifs is 1. The van der Waals surface area contributed by atoms with E-state index >= 15 is 0 Å². The Morgan fingerprint density at radius 3 is 2.81 bits per heavy atom. The molecule has 16 heavy (non-hydrogen) atoms. The van der Waals surface area contributed by atoms with Gasteiger partial charge in [0, 0.05) is 6.92 Å². The average molecular weight is 220 g/mol. The van der Waals surface area contributed by atoms with Gasteiger partial charge in [0.2, 0.25) is 0 Å². The Labute approximate surface area is 94.2 Å². The highest BCUT2D eigenvalue weighted by atomic mass is 16.3.